The van der Waals surface area contributed by atoms with Gasteiger partial charge in [-0.15, -0.1) is 0 Å². The molecule has 0 aromatic heterocycles. The van der Waals surface area contributed by atoms with Gasteiger partial charge in [0.25, 0.3) is 5.91 Å². The van der Waals surface area contributed by atoms with E-state index < -0.39 is 0 Å². The fourth-order valence-corrected chi connectivity index (χ4v) is 2.71. The molecule has 25 heavy (non-hydrogen) atoms. The Morgan fingerprint density at radius 3 is 2.48 bits per heavy atom. The first kappa shape index (κ1) is 21.5. The van der Waals surface area contributed by atoms with Crippen molar-refractivity contribution in [1.82, 2.24) is 5.32 Å². The Balaban J connectivity index is 2.76. The highest BCUT2D eigenvalue weighted by Gasteiger charge is 2.18. The molecule has 5 heteroatoms. The number of amides is 2. The van der Waals surface area contributed by atoms with Crippen LogP contribution in [0, 0.1) is 11.8 Å². The molecule has 0 fully saturated rings. The predicted molar refractivity (Wildman–Crippen MR) is 105 cm³/mol. The highest BCUT2D eigenvalue weighted by molar-refractivity contribution is 6.33. The van der Waals surface area contributed by atoms with Gasteiger partial charge >= 0.3 is 0 Å². The summed E-state index contributed by atoms with van der Waals surface area (Å²) in [5, 5.41) is 6.23. The maximum Gasteiger partial charge on any atom is 0.251 e. The molecule has 0 aliphatic rings. The lowest BCUT2D eigenvalue weighted by Gasteiger charge is -2.16. The molecule has 0 bridgehead atoms. The minimum atomic E-state index is -0.147. The van der Waals surface area contributed by atoms with E-state index in [0.717, 1.165) is 32.1 Å². The molecule has 140 valence electrons. The van der Waals surface area contributed by atoms with Gasteiger partial charge in [-0.25, -0.2) is 0 Å². The van der Waals surface area contributed by atoms with Gasteiger partial charge in [-0.05, 0) is 43.4 Å². The lowest BCUT2D eigenvalue weighted by Crippen LogP contribution is -2.26. The summed E-state index contributed by atoms with van der Waals surface area (Å²) in [4.78, 5) is 24.7. The molecular formula is C20H31ClN2O2. The number of halogens is 1. The minimum Gasteiger partial charge on any atom is -0.352 e. The van der Waals surface area contributed by atoms with Gasteiger partial charge in [0, 0.05) is 18.0 Å². The summed E-state index contributed by atoms with van der Waals surface area (Å²) < 4.78 is 0. The molecule has 1 aromatic carbocycles. The van der Waals surface area contributed by atoms with Gasteiger partial charge in [0.1, 0.15) is 0 Å². The summed E-state index contributed by atoms with van der Waals surface area (Å²) in [6.45, 7) is 8.99. The number of hydrogen-bond acceptors (Lipinski definition) is 2. The summed E-state index contributed by atoms with van der Waals surface area (Å²) >= 11 is 6.20. The average molecular weight is 367 g/mol. The maximum atomic E-state index is 12.5. The van der Waals surface area contributed by atoms with E-state index in [-0.39, 0.29) is 17.7 Å². The zero-order chi connectivity index (χ0) is 18.8. The van der Waals surface area contributed by atoms with Crippen molar-refractivity contribution in [2.24, 2.45) is 11.8 Å². The SMILES string of the molecule is CCCC[C@H](CC)C(=O)Nc1cc(C(=O)NCCC(C)C)ccc1Cl. The number of hydrogen-bond donors (Lipinski definition) is 2. The van der Waals surface area contributed by atoms with Gasteiger partial charge in [-0.2, -0.15) is 0 Å². The Kier molecular flexibility index (Phi) is 9.58. The molecule has 0 saturated heterocycles. The van der Waals surface area contributed by atoms with Crippen molar-refractivity contribution >= 4 is 29.1 Å². The third kappa shape index (κ3) is 7.47. The second kappa shape index (κ2) is 11.1. The van der Waals surface area contributed by atoms with Crippen molar-refractivity contribution in [2.45, 2.75) is 59.8 Å². The summed E-state index contributed by atoms with van der Waals surface area (Å²) in [6, 6.07) is 4.98. The quantitative estimate of drug-likeness (QED) is 0.592. The Morgan fingerprint density at radius 2 is 1.88 bits per heavy atom. The molecule has 0 unspecified atom stereocenters. The van der Waals surface area contributed by atoms with Crippen LogP contribution in [0.3, 0.4) is 0 Å². The fourth-order valence-electron chi connectivity index (χ4n) is 2.54. The highest BCUT2D eigenvalue weighted by Crippen LogP contribution is 2.25. The second-order valence-electron chi connectivity index (χ2n) is 6.87. The normalized spacial score (nSPS) is 12.1. The fraction of sp³-hybridized carbons (Fsp3) is 0.600. The Labute approximate surface area is 156 Å². The molecule has 4 nitrogen and oxygen atoms in total. The summed E-state index contributed by atoms with van der Waals surface area (Å²) in [7, 11) is 0. The van der Waals surface area contributed by atoms with Gasteiger partial charge in [0.2, 0.25) is 5.91 Å². The van der Waals surface area contributed by atoms with Crippen LogP contribution in [0.25, 0.3) is 0 Å². The molecule has 0 aliphatic carbocycles. The molecule has 1 rings (SSSR count). The predicted octanol–water partition coefficient (Wildman–Crippen LogP) is 5.27. The van der Waals surface area contributed by atoms with E-state index in [1.807, 2.05) is 6.92 Å². The monoisotopic (exact) mass is 366 g/mol. The van der Waals surface area contributed by atoms with E-state index in [9.17, 15) is 9.59 Å². The Bertz CT molecular complexity index is 573. The third-order valence-corrected chi connectivity index (χ3v) is 4.59. The third-order valence-electron chi connectivity index (χ3n) is 4.26. The number of carbonyl (C=O) groups is 2. The van der Waals surface area contributed by atoms with Crippen LogP contribution in [0.2, 0.25) is 5.02 Å². The van der Waals surface area contributed by atoms with Crippen molar-refractivity contribution in [1.29, 1.82) is 0 Å². The number of carbonyl (C=O) groups excluding carboxylic acids is 2. The lowest BCUT2D eigenvalue weighted by atomic mass is 9.98. The maximum absolute atomic E-state index is 12.5. The number of nitrogens with one attached hydrogen (secondary N) is 2. The Hall–Kier alpha value is -1.55. The molecule has 2 amide bonds. The van der Waals surface area contributed by atoms with Crippen LogP contribution < -0.4 is 10.6 Å². The molecule has 0 saturated carbocycles. The zero-order valence-corrected chi connectivity index (χ0v) is 16.6. The van der Waals surface area contributed by atoms with Crippen molar-refractivity contribution in [3.8, 4) is 0 Å². The van der Waals surface area contributed by atoms with Gasteiger partial charge in [-0.1, -0.05) is 52.1 Å². The number of anilines is 1. The van der Waals surface area contributed by atoms with Crippen LogP contribution in [0.1, 0.15) is 70.2 Å². The van der Waals surface area contributed by atoms with Crippen molar-refractivity contribution in [3.63, 3.8) is 0 Å². The Morgan fingerprint density at radius 1 is 1.16 bits per heavy atom. The van der Waals surface area contributed by atoms with Crippen LogP contribution in [-0.4, -0.2) is 18.4 Å². The summed E-state index contributed by atoms with van der Waals surface area (Å²) in [6.07, 6.45) is 4.68. The van der Waals surface area contributed by atoms with Crippen LogP contribution in [0.4, 0.5) is 5.69 Å². The van der Waals surface area contributed by atoms with Crippen LogP contribution in [-0.2, 0) is 4.79 Å². The molecule has 0 aliphatic heterocycles. The number of rotatable bonds is 10. The van der Waals surface area contributed by atoms with Crippen LogP contribution >= 0.6 is 11.6 Å². The molecule has 0 heterocycles. The smallest absolute Gasteiger partial charge is 0.251 e. The molecule has 0 radical (unpaired) electrons. The first-order valence-corrected chi connectivity index (χ1v) is 9.65. The van der Waals surface area contributed by atoms with Crippen molar-refractivity contribution in [3.05, 3.63) is 28.8 Å². The first-order chi connectivity index (χ1) is 11.9. The van der Waals surface area contributed by atoms with E-state index in [2.05, 4.69) is 31.4 Å². The van der Waals surface area contributed by atoms with E-state index in [1.165, 1.54) is 0 Å². The number of unbranched alkanes of at least 4 members (excludes halogenated alkanes) is 1. The van der Waals surface area contributed by atoms with E-state index in [1.54, 1.807) is 18.2 Å². The summed E-state index contributed by atoms with van der Waals surface area (Å²) in [5.74, 6) is 0.329. The van der Waals surface area contributed by atoms with Gasteiger partial charge < -0.3 is 10.6 Å². The standard InChI is InChI=1S/C20H31ClN2O2/c1-5-7-8-15(6-2)20(25)23-18-13-16(9-10-17(18)21)19(24)22-12-11-14(3)4/h9-10,13-15H,5-8,11-12H2,1-4H3,(H,22,24)(H,23,25)/t15-/m0/s1. The molecule has 1 atom stereocenters. The average Bonchev–Trinajstić information content (AvgIpc) is 2.57. The number of benzene rings is 1. The van der Waals surface area contributed by atoms with E-state index in [0.29, 0.717) is 28.7 Å². The lowest BCUT2D eigenvalue weighted by molar-refractivity contribution is -0.120. The molecular weight excluding hydrogens is 336 g/mol. The van der Waals surface area contributed by atoms with Crippen molar-refractivity contribution < 1.29 is 9.59 Å². The highest BCUT2D eigenvalue weighted by atomic mass is 35.5. The molecule has 2 N–H and O–H groups in total. The minimum absolute atomic E-state index is 0.0282. The largest absolute Gasteiger partial charge is 0.352 e. The van der Waals surface area contributed by atoms with Crippen molar-refractivity contribution in [2.75, 3.05) is 11.9 Å². The van der Waals surface area contributed by atoms with Crippen LogP contribution in [0.5, 0.6) is 0 Å². The first-order valence-electron chi connectivity index (χ1n) is 9.27. The zero-order valence-electron chi connectivity index (χ0n) is 15.8. The topological polar surface area (TPSA) is 58.2 Å². The van der Waals surface area contributed by atoms with Gasteiger partial charge in [0.15, 0.2) is 0 Å². The van der Waals surface area contributed by atoms with Crippen LogP contribution in [0.15, 0.2) is 18.2 Å². The van der Waals surface area contributed by atoms with Gasteiger partial charge in [0.05, 0.1) is 10.7 Å². The molecule has 1 aromatic rings. The second-order valence-corrected chi connectivity index (χ2v) is 7.28. The van der Waals surface area contributed by atoms with E-state index in [4.69, 9.17) is 11.6 Å². The summed E-state index contributed by atoms with van der Waals surface area (Å²) in [5.41, 5.74) is 1.00. The van der Waals surface area contributed by atoms with Gasteiger partial charge in [-0.3, -0.25) is 9.59 Å². The molecule has 0 spiro atoms. The van der Waals surface area contributed by atoms with E-state index >= 15 is 0 Å².